The van der Waals surface area contributed by atoms with Crippen LogP contribution in [-0.2, 0) is 0 Å². The smallest absolute Gasteiger partial charge is 0.336 e. The van der Waals surface area contributed by atoms with Crippen molar-refractivity contribution in [3.8, 4) is 5.75 Å². The van der Waals surface area contributed by atoms with Crippen molar-refractivity contribution in [1.82, 2.24) is 0 Å². The molecule has 0 fully saturated rings. The molecule has 0 saturated heterocycles. The minimum Gasteiger partial charge on any atom is -0.497 e. The average Bonchev–Trinajstić information content (AvgIpc) is 2.60. The molecular formula is C19H14O4. The molecule has 3 rings (SSSR count). The standard InChI is InChI=1S/C19H14O4/c1-23-13-10-12-6-2-3-7-14(12)17(11-13)18(20)15-8-4-5-9-16(15)19(21)22/h2-11H,1H3,(H,21,22). The molecule has 114 valence electrons. The van der Waals surface area contributed by atoms with E-state index in [0.717, 1.165) is 10.8 Å². The number of carboxylic acid groups (broad SMARTS) is 1. The summed E-state index contributed by atoms with van der Waals surface area (Å²) >= 11 is 0. The second-order valence-corrected chi connectivity index (χ2v) is 5.08. The van der Waals surface area contributed by atoms with E-state index in [9.17, 15) is 14.7 Å². The minimum absolute atomic E-state index is 0.00981. The molecule has 0 unspecified atom stereocenters. The molecule has 0 bridgehead atoms. The number of benzene rings is 3. The number of hydrogen-bond donors (Lipinski definition) is 1. The maximum Gasteiger partial charge on any atom is 0.336 e. The zero-order chi connectivity index (χ0) is 16.4. The number of rotatable bonds is 4. The van der Waals surface area contributed by atoms with Crippen LogP contribution in [0.15, 0.2) is 60.7 Å². The van der Waals surface area contributed by atoms with Crippen molar-refractivity contribution in [3.05, 3.63) is 77.4 Å². The molecule has 3 aromatic rings. The molecule has 4 heteroatoms. The lowest BCUT2D eigenvalue weighted by atomic mass is 9.94. The molecule has 0 saturated carbocycles. The number of ketones is 1. The number of aromatic carboxylic acids is 1. The second-order valence-electron chi connectivity index (χ2n) is 5.08. The second kappa shape index (κ2) is 5.93. The number of carbonyl (C=O) groups is 2. The van der Waals surface area contributed by atoms with Crippen molar-refractivity contribution in [2.24, 2.45) is 0 Å². The van der Waals surface area contributed by atoms with Crippen molar-refractivity contribution >= 4 is 22.5 Å². The molecule has 1 N–H and O–H groups in total. The first-order valence-electron chi connectivity index (χ1n) is 7.05. The normalized spacial score (nSPS) is 10.5. The van der Waals surface area contributed by atoms with Crippen LogP contribution < -0.4 is 4.74 Å². The van der Waals surface area contributed by atoms with Crippen LogP contribution in [0.2, 0.25) is 0 Å². The van der Waals surface area contributed by atoms with Gasteiger partial charge in [0.25, 0.3) is 0 Å². The van der Waals surface area contributed by atoms with Gasteiger partial charge < -0.3 is 9.84 Å². The van der Waals surface area contributed by atoms with Crippen LogP contribution in [0.5, 0.6) is 5.75 Å². The Morgan fingerprint density at radius 2 is 1.52 bits per heavy atom. The zero-order valence-electron chi connectivity index (χ0n) is 12.4. The molecule has 0 aliphatic carbocycles. The lowest BCUT2D eigenvalue weighted by Gasteiger charge is -2.10. The Morgan fingerprint density at radius 1 is 0.870 bits per heavy atom. The van der Waals surface area contributed by atoms with Crippen LogP contribution in [0, 0.1) is 0 Å². The van der Waals surface area contributed by atoms with Crippen LogP contribution in [0.25, 0.3) is 10.8 Å². The van der Waals surface area contributed by atoms with E-state index >= 15 is 0 Å². The fourth-order valence-electron chi connectivity index (χ4n) is 2.60. The minimum atomic E-state index is -1.12. The third kappa shape index (κ3) is 2.66. The Balaban J connectivity index is 2.24. The number of hydrogen-bond acceptors (Lipinski definition) is 3. The first-order chi connectivity index (χ1) is 11.1. The number of ether oxygens (including phenoxy) is 1. The van der Waals surface area contributed by atoms with Crippen LogP contribution >= 0.6 is 0 Å². The van der Waals surface area contributed by atoms with Crippen molar-refractivity contribution in [2.75, 3.05) is 7.11 Å². The molecule has 4 nitrogen and oxygen atoms in total. The maximum absolute atomic E-state index is 12.9. The highest BCUT2D eigenvalue weighted by Gasteiger charge is 2.20. The van der Waals surface area contributed by atoms with Crippen LogP contribution in [0.1, 0.15) is 26.3 Å². The van der Waals surface area contributed by atoms with Gasteiger partial charge in [0, 0.05) is 11.1 Å². The van der Waals surface area contributed by atoms with E-state index in [1.807, 2.05) is 30.3 Å². The van der Waals surface area contributed by atoms with Crippen molar-refractivity contribution < 1.29 is 19.4 Å². The van der Waals surface area contributed by atoms with Gasteiger partial charge in [0.2, 0.25) is 0 Å². The van der Waals surface area contributed by atoms with Gasteiger partial charge in [0.05, 0.1) is 12.7 Å². The SMILES string of the molecule is COc1cc(C(=O)c2ccccc2C(=O)O)c2ccccc2c1. The number of methoxy groups -OCH3 is 1. The Hall–Kier alpha value is -3.14. The summed E-state index contributed by atoms with van der Waals surface area (Å²) in [5.41, 5.74) is 0.580. The van der Waals surface area contributed by atoms with E-state index in [1.165, 1.54) is 19.2 Å². The van der Waals surface area contributed by atoms with Crippen molar-refractivity contribution in [3.63, 3.8) is 0 Å². The van der Waals surface area contributed by atoms with Crippen molar-refractivity contribution in [2.45, 2.75) is 0 Å². The third-order valence-corrected chi connectivity index (χ3v) is 3.72. The van der Waals surface area contributed by atoms with E-state index in [1.54, 1.807) is 18.2 Å². The Bertz CT molecular complexity index is 912. The third-order valence-electron chi connectivity index (χ3n) is 3.72. The largest absolute Gasteiger partial charge is 0.497 e. The molecule has 0 heterocycles. The molecule has 3 aromatic carbocycles. The fraction of sp³-hybridized carbons (Fsp3) is 0.0526. The summed E-state index contributed by atoms with van der Waals surface area (Å²) in [6.45, 7) is 0. The number of fused-ring (bicyclic) bond motifs is 1. The molecule has 0 aliphatic rings. The lowest BCUT2D eigenvalue weighted by Crippen LogP contribution is -2.10. The summed E-state index contributed by atoms with van der Waals surface area (Å²) in [6, 6.07) is 17.1. The van der Waals surface area contributed by atoms with Gasteiger partial charge in [-0.2, -0.15) is 0 Å². The topological polar surface area (TPSA) is 63.6 Å². The van der Waals surface area contributed by atoms with Crippen molar-refractivity contribution in [1.29, 1.82) is 0 Å². The number of carbonyl (C=O) groups excluding carboxylic acids is 1. The molecule has 0 radical (unpaired) electrons. The van der Waals surface area contributed by atoms with Gasteiger partial charge >= 0.3 is 5.97 Å². The summed E-state index contributed by atoms with van der Waals surface area (Å²) in [5, 5.41) is 10.9. The summed E-state index contributed by atoms with van der Waals surface area (Å²) < 4.78 is 5.26. The average molecular weight is 306 g/mol. The summed E-state index contributed by atoms with van der Waals surface area (Å²) in [5.74, 6) is -0.904. The van der Waals surface area contributed by atoms with Gasteiger partial charge in [-0.25, -0.2) is 4.79 Å². The van der Waals surface area contributed by atoms with E-state index in [-0.39, 0.29) is 16.9 Å². The first-order valence-corrected chi connectivity index (χ1v) is 7.05. The maximum atomic E-state index is 12.9. The van der Waals surface area contributed by atoms with E-state index in [2.05, 4.69) is 0 Å². The predicted octanol–water partition coefficient (Wildman–Crippen LogP) is 3.78. The van der Waals surface area contributed by atoms with Gasteiger partial charge in [-0.05, 0) is 29.0 Å². The summed E-state index contributed by atoms with van der Waals surface area (Å²) in [4.78, 5) is 24.3. The summed E-state index contributed by atoms with van der Waals surface area (Å²) in [7, 11) is 1.53. The summed E-state index contributed by atoms with van der Waals surface area (Å²) in [6.07, 6.45) is 0. The Kier molecular flexibility index (Phi) is 3.81. The Labute approximate surface area is 132 Å². The molecule has 0 aliphatic heterocycles. The molecule has 0 atom stereocenters. The molecule has 0 spiro atoms. The first kappa shape index (κ1) is 14.8. The highest BCUT2D eigenvalue weighted by molar-refractivity contribution is 6.19. The Morgan fingerprint density at radius 3 is 2.22 bits per heavy atom. The van der Waals surface area contributed by atoms with Crippen LogP contribution in [0.4, 0.5) is 0 Å². The van der Waals surface area contributed by atoms with E-state index in [0.29, 0.717) is 11.3 Å². The molecular weight excluding hydrogens is 292 g/mol. The van der Waals surface area contributed by atoms with Crippen LogP contribution in [-0.4, -0.2) is 24.0 Å². The van der Waals surface area contributed by atoms with Gasteiger partial charge in [-0.15, -0.1) is 0 Å². The molecule has 23 heavy (non-hydrogen) atoms. The number of carboxylic acids is 1. The highest BCUT2D eigenvalue weighted by atomic mass is 16.5. The van der Waals surface area contributed by atoms with E-state index < -0.39 is 5.97 Å². The van der Waals surface area contributed by atoms with Gasteiger partial charge in [-0.3, -0.25) is 4.79 Å². The monoisotopic (exact) mass is 306 g/mol. The van der Waals surface area contributed by atoms with Crippen LogP contribution in [0.3, 0.4) is 0 Å². The predicted molar refractivity (Wildman–Crippen MR) is 87.3 cm³/mol. The van der Waals surface area contributed by atoms with Gasteiger partial charge in [-0.1, -0.05) is 42.5 Å². The highest BCUT2D eigenvalue weighted by Crippen LogP contribution is 2.28. The fourth-order valence-corrected chi connectivity index (χ4v) is 2.60. The van der Waals surface area contributed by atoms with Gasteiger partial charge in [0.15, 0.2) is 5.78 Å². The molecule has 0 aromatic heterocycles. The molecule has 0 amide bonds. The van der Waals surface area contributed by atoms with Gasteiger partial charge in [0.1, 0.15) is 5.75 Å². The zero-order valence-corrected chi connectivity index (χ0v) is 12.4. The van der Waals surface area contributed by atoms with E-state index in [4.69, 9.17) is 4.74 Å². The quantitative estimate of drug-likeness (QED) is 0.745. The lowest BCUT2D eigenvalue weighted by molar-refractivity contribution is 0.0693.